The highest BCUT2D eigenvalue weighted by atomic mass is 15.3. The molecule has 0 amide bonds. The highest BCUT2D eigenvalue weighted by Crippen LogP contribution is 2.24. The van der Waals surface area contributed by atoms with Gasteiger partial charge in [-0.05, 0) is 23.6 Å². The van der Waals surface area contributed by atoms with Crippen LogP contribution in [-0.4, -0.2) is 6.72 Å². The Hall–Kier alpha value is -1.51. The van der Waals surface area contributed by atoms with Crippen molar-refractivity contribution in [1.82, 2.24) is 0 Å². The summed E-state index contributed by atoms with van der Waals surface area (Å²) in [5, 5.41) is 3.59. The first kappa shape index (κ1) is 9.58. The molecule has 0 unspecified atom stereocenters. The lowest BCUT2D eigenvalue weighted by Crippen LogP contribution is -1.97. The van der Waals surface area contributed by atoms with Crippen molar-refractivity contribution in [3.05, 3.63) is 23.8 Å². The Morgan fingerprint density at radius 3 is 2.69 bits per heavy atom. The second kappa shape index (κ2) is 3.94. The van der Waals surface area contributed by atoms with E-state index in [1.54, 1.807) is 0 Å². The van der Waals surface area contributed by atoms with Gasteiger partial charge in [0.15, 0.2) is 0 Å². The summed E-state index contributed by atoms with van der Waals surface area (Å²) in [4.78, 5) is 0. The molecule has 0 spiro atoms. The number of nitrogens with one attached hydrogen (secondary N) is 1. The standard InChI is InChI=1S/C10H15N3/c1-7(2)8-4-5-9(11)10(6-8)13-12-3/h4-7,13H,3,11H2,1-2H3. The minimum Gasteiger partial charge on any atom is -0.397 e. The molecule has 1 aromatic rings. The number of anilines is 2. The predicted octanol–water partition coefficient (Wildman–Crippen LogP) is 2.42. The fourth-order valence-electron chi connectivity index (χ4n) is 1.12. The van der Waals surface area contributed by atoms with E-state index in [9.17, 15) is 0 Å². The van der Waals surface area contributed by atoms with Crippen molar-refractivity contribution in [2.45, 2.75) is 19.8 Å². The predicted molar refractivity (Wildman–Crippen MR) is 58.1 cm³/mol. The molecule has 3 nitrogen and oxygen atoms in total. The van der Waals surface area contributed by atoms with Crippen molar-refractivity contribution in [3.63, 3.8) is 0 Å². The molecule has 0 atom stereocenters. The van der Waals surface area contributed by atoms with Gasteiger partial charge in [0.2, 0.25) is 0 Å². The van der Waals surface area contributed by atoms with Crippen LogP contribution in [0.2, 0.25) is 0 Å². The van der Waals surface area contributed by atoms with Crippen LogP contribution >= 0.6 is 0 Å². The minimum absolute atomic E-state index is 0.492. The van der Waals surface area contributed by atoms with E-state index in [2.05, 4.69) is 31.1 Å². The zero-order chi connectivity index (χ0) is 9.84. The first-order valence-electron chi connectivity index (χ1n) is 4.26. The van der Waals surface area contributed by atoms with Crippen LogP contribution in [0.25, 0.3) is 0 Å². The molecule has 0 aliphatic carbocycles. The van der Waals surface area contributed by atoms with E-state index in [0.717, 1.165) is 5.69 Å². The summed E-state index contributed by atoms with van der Waals surface area (Å²) in [6, 6.07) is 5.89. The van der Waals surface area contributed by atoms with Crippen molar-refractivity contribution in [1.29, 1.82) is 0 Å². The van der Waals surface area contributed by atoms with E-state index in [4.69, 9.17) is 5.73 Å². The summed E-state index contributed by atoms with van der Waals surface area (Å²) in [6.45, 7) is 7.63. The first-order chi connectivity index (χ1) is 6.15. The van der Waals surface area contributed by atoms with E-state index in [1.165, 1.54) is 5.56 Å². The number of nitrogens with zero attached hydrogens (tertiary/aromatic N) is 1. The lowest BCUT2D eigenvalue weighted by Gasteiger charge is -2.09. The van der Waals surface area contributed by atoms with Crippen molar-refractivity contribution >= 4 is 18.1 Å². The van der Waals surface area contributed by atoms with Gasteiger partial charge in [0.05, 0.1) is 11.4 Å². The molecule has 13 heavy (non-hydrogen) atoms. The number of nitrogen functional groups attached to an aromatic ring is 1. The molecule has 0 aliphatic heterocycles. The topological polar surface area (TPSA) is 50.4 Å². The molecule has 0 bridgehead atoms. The summed E-state index contributed by atoms with van der Waals surface area (Å²) >= 11 is 0. The number of hydrogen-bond donors (Lipinski definition) is 2. The average molecular weight is 177 g/mol. The molecule has 0 fully saturated rings. The Morgan fingerprint density at radius 2 is 2.15 bits per heavy atom. The molecule has 0 radical (unpaired) electrons. The van der Waals surface area contributed by atoms with Crippen LogP contribution in [0.5, 0.6) is 0 Å². The average Bonchev–Trinajstić information content (AvgIpc) is 2.08. The Labute approximate surface area is 78.6 Å². The zero-order valence-electron chi connectivity index (χ0n) is 8.04. The van der Waals surface area contributed by atoms with Crippen molar-refractivity contribution in [3.8, 4) is 0 Å². The molecule has 0 saturated heterocycles. The molecule has 0 saturated carbocycles. The Balaban J connectivity index is 3.03. The van der Waals surface area contributed by atoms with Crippen molar-refractivity contribution < 1.29 is 0 Å². The molecular weight excluding hydrogens is 162 g/mol. The van der Waals surface area contributed by atoms with Crippen LogP contribution < -0.4 is 11.2 Å². The van der Waals surface area contributed by atoms with Crippen LogP contribution in [0, 0.1) is 0 Å². The van der Waals surface area contributed by atoms with Gasteiger partial charge in [-0.1, -0.05) is 19.9 Å². The number of hydrazone groups is 1. The van der Waals surface area contributed by atoms with Gasteiger partial charge >= 0.3 is 0 Å². The first-order valence-corrected chi connectivity index (χ1v) is 4.26. The molecular formula is C10H15N3. The lowest BCUT2D eigenvalue weighted by atomic mass is 10.0. The van der Waals surface area contributed by atoms with Crippen molar-refractivity contribution in [2.75, 3.05) is 11.2 Å². The number of hydrogen-bond acceptors (Lipinski definition) is 3. The maximum Gasteiger partial charge on any atom is 0.0793 e. The fourth-order valence-corrected chi connectivity index (χ4v) is 1.12. The van der Waals surface area contributed by atoms with Crippen LogP contribution in [0.15, 0.2) is 23.3 Å². The molecule has 70 valence electrons. The van der Waals surface area contributed by atoms with Gasteiger partial charge in [0.1, 0.15) is 0 Å². The highest BCUT2D eigenvalue weighted by Gasteiger charge is 2.02. The van der Waals surface area contributed by atoms with Gasteiger partial charge in [-0.25, -0.2) is 0 Å². The van der Waals surface area contributed by atoms with E-state index >= 15 is 0 Å². The summed E-state index contributed by atoms with van der Waals surface area (Å²) < 4.78 is 0. The lowest BCUT2D eigenvalue weighted by molar-refractivity contribution is 0.867. The Morgan fingerprint density at radius 1 is 1.46 bits per heavy atom. The molecule has 0 aromatic heterocycles. The smallest absolute Gasteiger partial charge is 0.0793 e. The van der Waals surface area contributed by atoms with E-state index in [1.807, 2.05) is 18.2 Å². The van der Waals surface area contributed by atoms with E-state index in [-0.39, 0.29) is 0 Å². The fraction of sp³-hybridized carbons (Fsp3) is 0.300. The summed E-state index contributed by atoms with van der Waals surface area (Å²) in [5.41, 5.74) is 11.2. The SMILES string of the molecule is C=NNc1cc(C(C)C)ccc1N. The summed E-state index contributed by atoms with van der Waals surface area (Å²) in [6.07, 6.45) is 0. The Kier molecular flexibility index (Phi) is 2.90. The van der Waals surface area contributed by atoms with E-state index in [0.29, 0.717) is 11.6 Å². The van der Waals surface area contributed by atoms with Crippen LogP contribution in [0.1, 0.15) is 25.3 Å². The molecule has 3 N–H and O–H groups in total. The zero-order valence-corrected chi connectivity index (χ0v) is 8.04. The minimum atomic E-state index is 0.492. The molecule has 0 aliphatic rings. The Bertz CT molecular complexity index is 305. The molecule has 1 aromatic carbocycles. The quantitative estimate of drug-likeness (QED) is 0.423. The molecule has 1 rings (SSSR count). The normalized spacial score (nSPS) is 10.1. The van der Waals surface area contributed by atoms with Crippen LogP contribution in [0.4, 0.5) is 11.4 Å². The van der Waals surface area contributed by atoms with Crippen LogP contribution in [0.3, 0.4) is 0 Å². The largest absolute Gasteiger partial charge is 0.397 e. The molecule has 3 heteroatoms. The third-order valence-electron chi connectivity index (χ3n) is 1.94. The van der Waals surface area contributed by atoms with Gasteiger partial charge in [-0.3, -0.25) is 5.43 Å². The third-order valence-corrected chi connectivity index (χ3v) is 1.94. The second-order valence-electron chi connectivity index (χ2n) is 3.27. The highest BCUT2D eigenvalue weighted by molar-refractivity contribution is 5.67. The third kappa shape index (κ3) is 2.21. The van der Waals surface area contributed by atoms with Crippen LogP contribution in [-0.2, 0) is 0 Å². The van der Waals surface area contributed by atoms with Gasteiger partial charge < -0.3 is 5.73 Å². The van der Waals surface area contributed by atoms with Gasteiger partial charge in [0.25, 0.3) is 0 Å². The van der Waals surface area contributed by atoms with E-state index < -0.39 is 0 Å². The maximum absolute atomic E-state index is 5.73. The number of nitrogens with two attached hydrogens (primary N) is 1. The monoisotopic (exact) mass is 177 g/mol. The molecule has 0 heterocycles. The number of benzene rings is 1. The summed E-state index contributed by atoms with van der Waals surface area (Å²) in [7, 11) is 0. The van der Waals surface area contributed by atoms with Crippen molar-refractivity contribution in [2.24, 2.45) is 5.10 Å². The maximum atomic E-state index is 5.73. The number of rotatable bonds is 3. The van der Waals surface area contributed by atoms with Gasteiger partial charge in [-0.15, -0.1) is 0 Å². The summed E-state index contributed by atoms with van der Waals surface area (Å²) in [5.74, 6) is 0.492. The van der Waals surface area contributed by atoms with Gasteiger partial charge in [0, 0.05) is 6.72 Å². The van der Waals surface area contributed by atoms with Gasteiger partial charge in [-0.2, -0.15) is 5.10 Å². The second-order valence-corrected chi connectivity index (χ2v) is 3.27.